The van der Waals surface area contributed by atoms with E-state index in [-0.39, 0.29) is 29.9 Å². The van der Waals surface area contributed by atoms with Crippen LogP contribution in [0.25, 0.3) is 11.0 Å². The van der Waals surface area contributed by atoms with Crippen LogP contribution >= 0.6 is 12.4 Å². The van der Waals surface area contributed by atoms with Crippen molar-refractivity contribution in [3.8, 4) is 0 Å². The molecule has 20 heavy (non-hydrogen) atoms. The van der Waals surface area contributed by atoms with E-state index in [1.54, 1.807) is 30.1 Å². The zero-order valence-corrected chi connectivity index (χ0v) is 11.8. The van der Waals surface area contributed by atoms with Gasteiger partial charge in [0.05, 0.1) is 6.04 Å². The number of nitrogens with zero attached hydrogens (tertiary/aromatic N) is 1. The lowest BCUT2D eigenvalue weighted by molar-refractivity contribution is 0.0677. The van der Waals surface area contributed by atoms with Crippen molar-refractivity contribution in [2.45, 2.75) is 6.04 Å². The van der Waals surface area contributed by atoms with Crippen molar-refractivity contribution in [1.82, 2.24) is 10.2 Å². The summed E-state index contributed by atoms with van der Waals surface area (Å²) in [4.78, 5) is 25.8. The quantitative estimate of drug-likeness (QED) is 0.847. The minimum Gasteiger partial charge on any atom is -0.422 e. The largest absolute Gasteiger partial charge is 0.422 e. The van der Waals surface area contributed by atoms with Gasteiger partial charge in [0, 0.05) is 25.5 Å². The van der Waals surface area contributed by atoms with Gasteiger partial charge in [-0.25, -0.2) is 4.79 Å². The summed E-state index contributed by atoms with van der Waals surface area (Å²) in [6.45, 7) is 1.53. The highest BCUT2D eigenvalue weighted by atomic mass is 35.5. The van der Waals surface area contributed by atoms with Crippen LogP contribution in [-0.4, -0.2) is 37.0 Å². The molecule has 106 valence electrons. The summed E-state index contributed by atoms with van der Waals surface area (Å²) in [7, 11) is 1.71. The van der Waals surface area contributed by atoms with E-state index in [0.717, 1.165) is 18.5 Å². The maximum absolute atomic E-state index is 12.3. The molecular formula is C14H15ClN2O3. The summed E-state index contributed by atoms with van der Waals surface area (Å²) >= 11 is 0. The van der Waals surface area contributed by atoms with E-state index in [2.05, 4.69) is 5.32 Å². The molecule has 1 saturated heterocycles. The van der Waals surface area contributed by atoms with E-state index in [1.807, 2.05) is 12.1 Å². The second kappa shape index (κ2) is 5.64. The van der Waals surface area contributed by atoms with Gasteiger partial charge in [-0.3, -0.25) is 4.79 Å². The maximum atomic E-state index is 12.3. The second-order valence-electron chi connectivity index (χ2n) is 4.71. The first-order valence-electron chi connectivity index (χ1n) is 6.17. The minimum absolute atomic E-state index is 0. The molecule has 0 spiro atoms. The van der Waals surface area contributed by atoms with Crippen LogP contribution in [0, 0.1) is 0 Å². The third kappa shape index (κ3) is 2.42. The Labute approximate surface area is 122 Å². The summed E-state index contributed by atoms with van der Waals surface area (Å²) in [5, 5.41) is 3.85. The maximum Gasteiger partial charge on any atom is 0.349 e. The fourth-order valence-electron chi connectivity index (χ4n) is 2.11. The Morgan fingerprint density at radius 3 is 2.70 bits per heavy atom. The lowest BCUT2D eigenvalue weighted by Gasteiger charge is -2.35. The normalized spacial score (nSPS) is 14.4. The number of carbonyl (C=O) groups excluding carboxylic acids is 1. The molecular weight excluding hydrogens is 280 g/mol. The molecule has 1 amide bonds. The number of likely N-dealkylation sites (N-methyl/N-ethyl adjacent to an activating group) is 1. The molecule has 0 radical (unpaired) electrons. The highest BCUT2D eigenvalue weighted by molar-refractivity contribution is 5.96. The predicted molar refractivity (Wildman–Crippen MR) is 78.5 cm³/mol. The van der Waals surface area contributed by atoms with Crippen LogP contribution in [0.2, 0.25) is 0 Å². The molecule has 0 unspecified atom stereocenters. The summed E-state index contributed by atoms with van der Waals surface area (Å²) in [6, 6.07) is 8.92. The van der Waals surface area contributed by atoms with E-state index in [9.17, 15) is 9.59 Å². The van der Waals surface area contributed by atoms with Crippen LogP contribution < -0.4 is 10.9 Å². The van der Waals surface area contributed by atoms with Gasteiger partial charge in [0.2, 0.25) is 0 Å². The molecule has 1 aliphatic rings. The number of hydrogen-bond acceptors (Lipinski definition) is 4. The molecule has 1 aliphatic heterocycles. The van der Waals surface area contributed by atoms with Crippen LogP contribution in [0.5, 0.6) is 0 Å². The number of benzene rings is 1. The molecule has 5 nitrogen and oxygen atoms in total. The number of para-hydroxylation sites is 1. The second-order valence-corrected chi connectivity index (χ2v) is 4.71. The Bertz CT molecular complexity index is 694. The summed E-state index contributed by atoms with van der Waals surface area (Å²) < 4.78 is 5.18. The predicted octanol–water partition coefficient (Wildman–Crippen LogP) is 1.26. The van der Waals surface area contributed by atoms with Crippen molar-refractivity contribution in [1.29, 1.82) is 0 Å². The fourth-order valence-corrected chi connectivity index (χ4v) is 2.11. The van der Waals surface area contributed by atoms with Gasteiger partial charge in [-0.15, -0.1) is 12.4 Å². The zero-order chi connectivity index (χ0) is 13.4. The fraction of sp³-hybridized carbons (Fsp3) is 0.286. The van der Waals surface area contributed by atoms with Crippen LogP contribution in [0.4, 0.5) is 0 Å². The minimum atomic E-state index is -0.581. The zero-order valence-electron chi connectivity index (χ0n) is 11.0. The van der Waals surface area contributed by atoms with Crippen LogP contribution in [0.1, 0.15) is 10.4 Å². The highest BCUT2D eigenvalue weighted by Crippen LogP contribution is 2.14. The van der Waals surface area contributed by atoms with Crippen molar-refractivity contribution in [3.05, 3.63) is 46.3 Å². The van der Waals surface area contributed by atoms with Crippen molar-refractivity contribution in [2.24, 2.45) is 0 Å². The summed E-state index contributed by atoms with van der Waals surface area (Å²) in [6.07, 6.45) is 0. The van der Waals surface area contributed by atoms with Crippen molar-refractivity contribution < 1.29 is 9.21 Å². The number of hydrogen-bond donors (Lipinski definition) is 1. The molecule has 1 N–H and O–H groups in total. The standard InChI is InChI=1S/C14H14N2O3.ClH/c1-16(10-7-15-8-10)13(17)11-6-9-4-2-3-5-12(9)19-14(11)18;/h2-6,10,15H,7-8H2,1H3;1H. The van der Waals surface area contributed by atoms with Crippen molar-refractivity contribution >= 4 is 29.3 Å². The lowest BCUT2D eigenvalue weighted by Crippen LogP contribution is -2.57. The van der Waals surface area contributed by atoms with Gasteiger partial charge in [0.15, 0.2) is 0 Å². The highest BCUT2D eigenvalue weighted by Gasteiger charge is 2.27. The van der Waals surface area contributed by atoms with Crippen LogP contribution in [-0.2, 0) is 0 Å². The Morgan fingerprint density at radius 1 is 1.35 bits per heavy atom. The first-order chi connectivity index (χ1) is 9.16. The molecule has 6 heteroatoms. The molecule has 1 aromatic heterocycles. The molecule has 0 aliphatic carbocycles. The Balaban J connectivity index is 0.00000147. The Morgan fingerprint density at radius 2 is 2.05 bits per heavy atom. The molecule has 0 bridgehead atoms. The average Bonchev–Trinajstić information content (AvgIpc) is 2.35. The van der Waals surface area contributed by atoms with Crippen LogP contribution in [0.3, 0.4) is 0 Å². The van der Waals surface area contributed by atoms with Gasteiger partial charge in [0.1, 0.15) is 11.1 Å². The molecule has 1 fully saturated rings. The summed E-state index contributed by atoms with van der Waals surface area (Å²) in [5.41, 5.74) is 0.00736. The number of halogens is 1. The third-order valence-electron chi connectivity index (χ3n) is 3.50. The number of rotatable bonds is 2. The van der Waals surface area contributed by atoms with Crippen LogP contribution in [0.15, 0.2) is 39.5 Å². The molecule has 2 aromatic rings. The molecule has 2 heterocycles. The number of amides is 1. The van der Waals surface area contributed by atoms with E-state index in [1.165, 1.54) is 0 Å². The van der Waals surface area contributed by atoms with Gasteiger partial charge in [-0.05, 0) is 12.1 Å². The Kier molecular flexibility index (Phi) is 4.11. The molecule has 1 aromatic carbocycles. The Hall–Kier alpha value is -1.85. The first kappa shape index (κ1) is 14.6. The molecule has 3 rings (SSSR count). The third-order valence-corrected chi connectivity index (χ3v) is 3.50. The average molecular weight is 295 g/mol. The van der Waals surface area contributed by atoms with Gasteiger partial charge in [-0.1, -0.05) is 18.2 Å². The van der Waals surface area contributed by atoms with Gasteiger partial charge in [0.25, 0.3) is 5.91 Å². The first-order valence-corrected chi connectivity index (χ1v) is 6.17. The number of nitrogens with one attached hydrogen (secondary N) is 1. The van der Waals surface area contributed by atoms with E-state index >= 15 is 0 Å². The van der Waals surface area contributed by atoms with Crippen molar-refractivity contribution in [3.63, 3.8) is 0 Å². The number of carbonyl (C=O) groups is 1. The van der Waals surface area contributed by atoms with Gasteiger partial charge < -0.3 is 14.6 Å². The van der Waals surface area contributed by atoms with E-state index in [4.69, 9.17) is 4.42 Å². The molecule has 0 atom stereocenters. The van der Waals surface area contributed by atoms with Crippen molar-refractivity contribution in [2.75, 3.05) is 20.1 Å². The lowest BCUT2D eigenvalue weighted by atomic mass is 10.1. The van der Waals surface area contributed by atoms with Gasteiger partial charge >= 0.3 is 5.63 Å². The summed E-state index contributed by atoms with van der Waals surface area (Å²) in [5.74, 6) is -0.286. The van der Waals surface area contributed by atoms with E-state index in [0.29, 0.717) is 5.58 Å². The topological polar surface area (TPSA) is 62.6 Å². The van der Waals surface area contributed by atoms with Gasteiger partial charge in [-0.2, -0.15) is 0 Å². The molecule has 0 saturated carbocycles. The SMILES string of the molecule is CN(C(=O)c1cc2ccccc2oc1=O)C1CNC1.Cl. The number of fused-ring (bicyclic) bond motifs is 1. The van der Waals surface area contributed by atoms with E-state index < -0.39 is 5.63 Å². The monoisotopic (exact) mass is 294 g/mol. The smallest absolute Gasteiger partial charge is 0.349 e.